The Morgan fingerprint density at radius 3 is 2.85 bits per heavy atom. The largest absolute Gasteiger partial charge is 0.338 e. The molecule has 2 aromatic rings. The molecular weight excluding hydrogens is 332 g/mol. The van der Waals surface area contributed by atoms with Crippen LogP contribution in [-0.4, -0.2) is 62.7 Å². The van der Waals surface area contributed by atoms with Crippen molar-refractivity contribution in [1.29, 1.82) is 0 Å². The average molecular weight is 356 g/mol. The highest BCUT2D eigenvalue weighted by molar-refractivity contribution is 5.95. The molecule has 4 rings (SSSR count). The fourth-order valence-electron chi connectivity index (χ4n) is 3.35. The van der Waals surface area contributed by atoms with E-state index < -0.39 is 0 Å². The van der Waals surface area contributed by atoms with E-state index in [0.29, 0.717) is 36.9 Å². The number of likely N-dealkylation sites (N-methyl/N-ethyl adjacent to an activating group) is 1. The van der Waals surface area contributed by atoms with Gasteiger partial charge in [0.05, 0.1) is 17.0 Å². The predicted octanol–water partition coefficient (Wildman–Crippen LogP) is 1.74. The fourth-order valence-corrected chi connectivity index (χ4v) is 3.35. The van der Waals surface area contributed by atoms with Crippen molar-refractivity contribution in [3.05, 3.63) is 34.7 Å². The lowest BCUT2D eigenvalue weighted by atomic mass is 10.1. The number of piperazine rings is 1. The highest BCUT2D eigenvalue weighted by Gasteiger charge is 2.35. The summed E-state index contributed by atoms with van der Waals surface area (Å²) in [6, 6.07) is 1.76. The van der Waals surface area contributed by atoms with Gasteiger partial charge < -0.3 is 9.42 Å². The van der Waals surface area contributed by atoms with E-state index in [2.05, 4.69) is 25.2 Å². The SMILES string of the molecule is CCc1nnc(C)cc1C(=O)N1CCN(C)[C@H](c2nc(C3CC3)no2)C1. The van der Waals surface area contributed by atoms with Crippen LogP contribution in [0.4, 0.5) is 0 Å². The molecule has 8 nitrogen and oxygen atoms in total. The molecule has 1 aliphatic carbocycles. The first-order chi connectivity index (χ1) is 12.6. The van der Waals surface area contributed by atoms with E-state index in [0.717, 1.165) is 36.6 Å². The number of aryl methyl sites for hydroxylation is 2. The quantitative estimate of drug-likeness (QED) is 0.824. The molecule has 2 fully saturated rings. The summed E-state index contributed by atoms with van der Waals surface area (Å²) in [7, 11) is 2.03. The highest BCUT2D eigenvalue weighted by Crippen LogP contribution is 2.38. The Kier molecular flexibility index (Phi) is 4.44. The van der Waals surface area contributed by atoms with Crippen molar-refractivity contribution in [2.45, 2.75) is 45.1 Å². The normalized spacial score (nSPS) is 21.2. The van der Waals surface area contributed by atoms with Gasteiger partial charge >= 0.3 is 0 Å². The Labute approximate surface area is 152 Å². The van der Waals surface area contributed by atoms with Crippen molar-refractivity contribution in [3.8, 4) is 0 Å². The second-order valence-electron chi connectivity index (χ2n) is 7.21. The van der Waals surface area contributed by atoms with Crippen LogP contribution in [0.1, 0.15) is 65.2 Å². The Balaban J connectivity index is 1.55. The summed E-state index contributed by atoms with van der Waals surface area (Å²) in [6.45, 7) is 5.80. The summed E-state index contributed by atoms with van der Waals surface area (Å²) in [5, 5.41) is 12.4. The molecule has 8 heteroatoms. The van der Waals surface area contributed by atoms with Crippen LogP contribution in [-0.2, 0) is 6.42 Å². The number of carbonyl (C=O) groups is 1. The lowest BCUT2D eigenvalue weighted by Gasteiger charge is -2.37. The van der Waals surface area contributed by atoms with Gasteiger partial charge in [0.25, 0.3) is 5.91 Å². The molecule has 0 spiro atoms. The number of hydrogen-bond donors (Lipinski definition) is 0. The fraction of sp³-hybridized carbons (Fsp3) is 0.611. The van der Waals surface area contributed by atoms with Crippen molar-refractivity contribution in [3.63, 3.8) is 0 Å². The van der Waals surface area contributed by atoms with Gasteiger partial charge in [-0.15, -0.1) is 0 Å². The van der Waals surface area contributed by atoms with Crippen LogP contribution in [0.25, 0.3) is 0 Å². The molecule has 3 heterocycles. The highest BCUT2D eigenvalue weighted by atomic mass is 16.5. The molecule has 1 saturated heterocycles. The van der Waals surface area contributed by atoms with Gasteiger partial charge in [-0.05, 0) is 39.3 Å². The number of carbonyl (C=O) groups excluding carboxylic acids is 1. The number of nitrogens with zero attached hydrogens (tertiary/aromatic N) is 6. The number of amides is 1. The average Bonchev–Trinajstić information content (AvgIpc) is 3.39. The summed E-state index contributed by atoms with van der Waals surface area (Å²) in [6.07, 6.45) is 2.95. The lowest BCUT2D eigenvalue weighted by Crippen LogP contribution is -2.49. The molecule has 0 bridgehead atoms. The Morgan fingerprint density at radius 1 is 1.31 bits per heavy atom. The standard InChI is InChI=1S/C18H24N6O2/c1-4-14-13(9-11(2)20-21-14)18(25)24-8-7-23(3)15(10-24)17-19-16(22-26-17)12-5-6-12/h9,12,15H,4-8,10H2,1-3H3/t15-/m0/s1. The predicted molar refractivity (Wildman–Crippen MR) is 93.7 cm³/mol. The van der Waals surface area contributed by atoms with Gasteiger partial charge in [-0.3, -0.25) is 9.69 Å². The molecule has 0 aromatic carbocycles. The second-order valence-corrected chi connectivity index (χ2v) is 7.21. The Bertz CT molecular complexity index is 816. The first-order valence-corrected chi connectivity index (χ1v) is 9.23. The molecule has 0 unspecified atom stereocenters. The minimum absolute atomic E-state index is 0.000110. The summed E-state index contributed by atoms with van der Waals surface area (Å²) in [4.78, 5) is 21.7. The van der Waals surface area contributed by atoms with Gasteiger partial charge in [0.15, 0.2) is 5.82 Å². The van der Waals surface area contributed by atoms with Crippen molar-refractivity contribution < 1.29 is 9.32 Å². The van der Waals surface area contributed by atoms with Gasteiger partial charge in [0.2, 0.25) is 5.89 Å². The van der Waals surface area contributed by atoms with E-state index in [1.807, 2.05) is 31.9 Å². The minimum Gasteiger partial charge on any atom is -0.338 e. The van der Waals surface area contributed by atoms with E-state index in [1.165, 1.54) is 0 Å². The number of aromatic nitrogens is 4. The third-order valence-electron chi connectivity index (χ3n) is 5.18. The van der Waals surface area contributed by atoms with Crippen LogP contribution in [0.3, 0.4) is 0 Å². The first-order valence-electron chi connectivity index (χ1n) is 9.23. The monoisotopic (exact) mass is 356 g/mol. The minimum atomic E-state index is -0.0753. The van der Waals surface area contributed by atoms with E-state index in [-0.39, 0.29) is 11.9 Å². The molecule has 2 aliphatic rings. The maximum atomic E-state index is 13.1. The molecule has 2 aromatic heterocycles. The van der Waals surface area contributed by atoms with Gasteiger partial charge in [0.1, 0.15) is 6.04 Å². The Hall–Kier alpha value is -2.35. The van der Waals surface area contributed by atoms with Crippen LogP contribution in [0.5, 0.6) is 0 Å². The summed E-state index contributed by atoms with van der Waals surface area (Å²) in [5.74, 6) is 1.86. The molecule has 1 aliphatic heterocycles. The first kappa shape index (κ1) is 17.1. The molecule has 1 atom stereocenters. The van der Waals surface area contributed by atoms with Crippen LogP contribution in [0.2, 0.25) is 0 Å². The van der Waals surface area contributed by atoms with Crippen molar-refractivity contribution in [2.75, 3.05) is 26.7 Å². The van der Waals surface area contributed by atoms with Crippen LogP contribution < -0.4 is 0 Å². The Morgan fingerprint density at radius 2 is 2.12 bits per heavy atom. The second kappa shape index (κ2) is 6.75. The van der Waals surface area contributed by atoms with Crippen molar-refractivity contribution >= 4 is 5.91 Å². The van der Waals surface area contributed by atoms with E-state index in [1.54, 1.807) is 0 Å². The zero-order chi connectivity index (χ0) is 18.3. The molecule has 26 heavy (non-hydrogen) atoms. The molecule has 138 valence electrons. The maximum Gasteiger partial charge on any atom is 0.255 e. The van der Waals surface area contributed by atoms with Crippen molar-refractivity contribution in [1.82, 2.24) is 30.1 Å². The topological polar surface area (TPSA) is 88.3 Å². The van der Waals surface area contributed by atoms with E-state index in [4.69, 9.17) is 4.52 Å². The maximum absolute atomic E-state index is 13.1. The zero-order valence-corrected chi connectivity index (χ0v) is 15.5. The molecule has 0 radical (unpaired) electrons. The molecular formula is C18H24N6O2. The number of hydrogen-bond acceptors (Lipinski definition) is 7. The van der Waals surface area contributed by atoms with Gasteiger partial charge in [0, 0.05) is 25.6 Å². The molecule has 1 saturated carbocycles. The van der Waals surface area contributed by atoms with Crippen molar-refractivity contribution in [2.24, 2.45) is 0 Å². The van der Waals surface area contributed by atoms with Gasteiger partial charge in [-0.25, -0.2) is 0 Å². The zero-order valence-electron chi connectivity index (χ0n) is 15.5. The van der Waals surface area contributed by atoms with Crippen LogP contribution in [0.15, 0.2) is 10.6 Å². The third kappa shape index (κ3) is 3.21. The van der Waals surface area contributed by atoms with E-state index in [9.17, 15) is 4.79 Å². The summed E-state index contributed by atoms with van der Waals surface area (Å²) < 4.78 is 5.51. The molecule has 1 amide bonds. The molecule has 0 N–H and O–H groups in total. The number of rotatable bonds is 4. The van der Waals surface area contributed by atoms with Crippen LogP contribution >= 0.6 is 0 Å². The lowest BCUT2D eigenvalue weighted by molar-refractivity contribution is 0.0487. The van der Waals surface area contributed by atoms with E-state index >= 15 is 0 Å². The van der Waals surface area contributed by atoms with Gasteiger partial charge in [-0.1, -0.05) is 12.1 Å². The summed E-state index contributed by atoms with van der Waals surface area (Å²) >= 11 is 0. The van der Waals surface area contributed by atoms with Crippen LogP contribution in [0, 0.1) is 6.92 Å². The summed E-state index contributed by atoms with van der Waals surface area (Å²) in [5.41, 5.74) is 2.14. The third-order valence-corrected chi connectivity index (χ3v) is 5.18. The smallest absolute Gasteiger partial charge is 0.255 e. The van der Waals surface area contributed by atoms with Gasteiger partial charge in [-0.2, -0.15) is 15.2 Å².